The highest BCUT2D eigenvalue weighted by Crippen LogP contribution is 2.43. The van der Waals surface area contributed by atoms with Crippen molar-refractivity contribution in [1.29, 1.82) is 0 Å². The molecule has 22 heavy (non-hydrogen) atoms. The van der Waals surface area contributed by atoms with Gasteiger partial charge in [-0.25, -0.2) is 9.37 Å². The first-order valence-electron chi connectivity index (χ1n) is 8.24. The van der Waals surface area contributed by atoms with Gasteiger partial charge in [0.2, 0.25) is 0 Å². The lowest BCUT2D eigenvalue weighted by atomic mass is 9.82. The Morgan fingerprint density at radius 2 is 2.09 bits per heavy atom. The fourth-order valence-corrected chi connectivity index (χ4v) is 4.17. The number of hydrogen-bond donors (Lipinski definition) is 1. The molecule has 2 aliphatic rings. The Hall–Kier alpha value is -1.68. The van der Waals surface area contributed by atoms with E-state index in [1.807, 2.05) is 10.6 Å². The highest BCUT2D eigenvalue weighted by molar-refractivity contribution is 5.69. The number of nitrogens with zero attached hydrogens (tertiary/aromatic N) is 2. The van der Waals surface area contributed by atoms with Crippen molar-refractivity contribution in [3.63, 3.8) is 0 Å². The molecule has 0 radical (unpaired) electrons. The van der Waals surface area contributed by atoms with Gasteiger partial charge in [-0.15, -0.1) is 0 Å². The van der Waals surface area contributed by atoms with E-state index in [4.69, 9.17) is 0 Å². The number of aliphatic hydroxyl groups is 1. The fourth-order valence-electron chi connectivity index (χ4n) is 4.17. The number of imidazole rings is 1. The van der Waals surface area contributed by atoms with E-state index < -0.39 is 0 Å². The van der Waals surface area contributed by atoms with Gasteiger partial charge in [0.15, 0.2) is 0 Å². The summed E-state index contributed by atoms with van der Waals surface area (Å²) in [6.45, 7) is 0. The minimum Gasteiger partial charge on any atom is -0.393 e. The maximum absolute atomic E-state index is 14.2. The first-order valence-corrected chi connectivity index (χ1v) is 8.24. The van der Waals surface area contributed by atoms with E-state index in [9.17, 15) is 9.50 Å². The first kappa shape index (κ1) is 13.9. The maximum atomic E-state index is 14.2. The summed E-state index contributed by atoms with van der Waals surface area (Å²) < 4.78 is 16.2. The van der Waals surface area contributed by atoms with Gasteiger partial charge in [0.25, 0.3) is 0 Å². The molecule has 0 amide bonds. The molecule has 116 valence electrons. The van der Waals surface area contributed by atoms with Crippen LogP contribution in [0.25, 0.3) is 11.3 Å². The number of aromatic nitrogens is 2. The van der Waals surface area contributed by atoms with Gasteiger partial charge in [-0.3, -0.25) is 0 Å². The molecule has 0 unspecified atom stereocenters. The number of benzene rings is 1. The van der Waals surface area contributed by atoms with E-state index >= 15 is 0 Å². The van der Waals surface area contributed by atoms with Crippen molar-refractivity contribution in [1.82, 2.24) is 9.55 Å². The van der Waals surface area contributed by atoms with Crippen molar-refractivity contribution in [3.8, 4) is 11.3 Å². The number of aliphatic hydroxyl groups excluding tert-OH is 1. The molecule has 1 aliphatic heterocycles. The number of halogens is 1. The fraction of sp³-hybridized carbons (Fsp3) is 0.500. The molecule has 4 heteroatoms. The second kappa shape index (κ2) is 5.51. The second-order valence-electron chi connectivity index (χ2n) is 6.61. The van der Waals surface area contributed by atoms with Crippen LogP contribution in [-0.4, -0.2) is 20.8 Å². The van der Waals surface area contributed by atoms with E-state index in [1.54, 1.807) is 18.6 Å². The second-order valence-corrected chi connectivity index (χ2v) is 6.61. The van der Waals surface area contributed by atoms with Crippen molar-refractivity contribution >= 4 is 0 Å². The molecule has 1 saturated carbocycles. The summed E-state index contributed by atoms with van der Waals surface area (Å²) in [5.74, 6) is 0.187. The van der Waals surface area contributed by atoms with Gasteiger partial charge in [-0.05, 0) is 36.8 Å². The van der Waals surface area contributed by atoms with Gasteiger partial charge < -0.3 is 9.67 Å². The molecule has 1 N–H and O–H groups in total. The Labute approximate surface area is 129 Å². The van der Waals surface area contributed by atoms with Crippen molar-refractivity contribution in [2.75, 3.05) is 0 Å². The van der Waals surface area contributed by atoms with Crippen LogP contribution in [0.5, 0.6) is 0 Å². The van der Waals surface area contributed by atoms with Gasteiger partial charge in [0.05, 0.1) is 30.4 Å². The highest BCUT2D eigenvalue weighted by atomic mass is 19.1. The summed E-state index contributed by atoms with van der Waals surface area (Å²) in [7, 11) is 0. The van der Waals surface area contributed by atoms with Crippen LogP contribution in [0, 0.1) is 11.7 Å². The van der Waals surface area contributed by atoms with Crippen molar-refractivity contribution < 1.29 is 9.50 Å². The minimum atomic E-state index is -0.324. The van der Waals surface area contributed by atoms with Gasteiger partial charge in [0, 0.05) is 5.56 Å². The quantitative estimate of drug-likeness (QED) is 0.933. The van der Waals surface area contributed by atoms with Crippen LogP contribution in [-0.2, 0) is 0 Å². The van der Waals surface area contributed by atoms with Crippen LogP contribution < -0.4 is 0 Å². The molecule has 1 aliphatic carbocycles. The first-order chi connectivity index (χ1) is 10.8. The lowest BCUT2D eigenvalue weighted by Crippen LogP contribution is -2.26. The van der Waals surface area contributed by atoms with Crippen LogP contribution in [0.1, 0.15) is 50.1 Å². The van der Waals surface area contributed by atoms with Crippen molar-refractivity contribution in [3.05, 3.63) is 42.1 Å². The summed E-state index contributed by atoms with van der Waals surface area (Å²) in [5, 5.41) is 10.7. The van der Waals surface area contributed by atoms with Crippen LogP contribution in [0.2, 0.25) is 0 Å². The molecule has 0 bridgehead atoms. The topological polar surface area (TPSA) is 38.1 Å². The van der Waals surface area contributed by atoms with Gasteiger partial charge in [-0.2, -0.15) is 0 Å². The third-order valence-corrected chi connectivity index (χ3v) is 5.32. The number of hydrogen-bond acceptors (Lipinski definition) is 2. The Kier molecular flexibility index (Phi) is 3.49. The summed E-state index contributed by atoms with van der Waals surface area (Å²) >= 11 is 0. The monoisotopic (exact) mass is 300 g/mol. The van der Waals surface area contributed by atoms with Gasteiger partial charge in [0.1, 0.15) is 5.82 Å². The molecule has 1 aromatic carbocycles. The molecule has 2 heterocycles. The van der Waals surface area contributed by atoms with Gasteiger partial charge in [-0.1, -0.05) is 31.4 Å². The molecule has 2 aromatic rings. The van der Waals surface area contributed by atoms with Crippen molar-refractivity contribution in [2.24, 2.45) is 5.92 Å². The molecular weight excluding hydrogens is 279 g/mol. The zero-order valence-electron chi connectivity index (χ0n) is 12.6. The Balaban J connectivity index is 1.64. The summed E-state index contributed by atoms with van der Waals surface area (Å²) in [5.41, 5.74) is 2.46. The lowest BCUT2D eigenvalue weighted by Gasteiger charge is -2.29. The lowest BCUT2D eigenvalue weighted by molar-refractivity contribution is 0.0686. The summed E-state index contributed by atoms with van der Waals surface area (Å²) in [4.78, 5) is 4.17. The highest BCUT2D eigenvalue weighted by Gasteiger charge is 2.34. The zero-order valence-corrected chi connectivity index (χ0v) is 12.6. The predicted octanol–water partition coefficient (Wildman–Crippen LogP) is 3.92. The third kappa shape index (κ3) is 2.17. The molecule has 1 fully saturated rings. The standard InChI is InChI=1S/C18H21FN2O/c19-14-8-4-7-13-15(21-11-20-10-16(21)18(13)14)9-17(22)12-5-2-1-3-6-12/h4,7-8,10-12,15,17,22H,1-3,5-6,9H2/t15-,17-/m1/s1. The van der Waals surface area contributed by atoms with E-state index in [1.165, 1.54) is 25.3 Å². The molecule has 1 aromatic heterocycles. The minimum absolute atomic E-state index is 0.000117. The van der Waals surface area contributed by atoms with E-state index in [0.717, 1.165) is 24.1 Å². The van der Waals surface area contributed by atoms with Crippen LogP contribution in [0.4, 0.5) is 4.39 Å². The molecular formula is C18H21FN2O. The summed E-state index contributed by atoms with van der Waals surface area (Å²) in [6.07, 6.45) is 9.73. The third-order valence-electron chi connectivity index (χ3n) is 5.32. The van der Waals surface area contributed by atoms with E-state index in [2.05, 4.69) is 4.98 Å². The summed E-state index contributed by atoms with van der Waals surface area (Å²) in [6, 6.07) is 5.23. The largest absolute Gasteiger partial charge is 0.393 e. The Morgan fingerprint density at radius 1 is 1.27 bits per heavy atom. The molecule has 4 rings (SSSR count). The van der Waals surface area contributed by atoms with Crippen LogP contribution in [0.3, 0.4) is 0 Å². The molecule has 2 atom stereocenters. The SMILES string of the molecule is O[C@H](C[C@@H]1c2cccc(F)c2-c2cncn21)C1CCCCC1. The molecule has 0 spiro atoms. The zero-order chi connectivity index (χ0) is 15.1. The average Bonchev–Trinajstić information content (AvgIpc) is 3.11. The number of fused-ring (bicyclic) bond motifs is 3. The Morgan fingerprint density at radius 3 is 2.91 bits per heavy atom. The number of rotatable bonds is 3. The van der Waals surface area contributed by atoms with Crippen LogP contribution >= 0.6 is 0 Å². The van der Waals surface area contributed by atoms with Crippen LogP contribution in [0.15, 0.2) is 30.7 Å². The molecule has 3 nitrogen and oxygen atoms in total. The molecule has 0 saturated heterocycles. The normalized spacial score (nSPS) is 22.4. The average molecular weight is 300 g/mol. The van der Waals surface area contributed by atoms with E-state index in [-0.39, 0.29) is 18.0 Å². The maximum Gasteiger partial charge on any atom is 0.132 e. The Bertz CT molecular complexity index is 675. The van der Waals surface area contributed by atoms with Gasteiger partial charge >= 0.3 is 0 Å². The van der Waals surface area contributed by atoms with Crippen molar-refractivity contribution in [2.45, 2.75) is 50.7 Å². The smallest absolute Gasteiger partial charge is 0.132 e. The predicted molar refractivity (Wildman–Crippen MR) is 83.0 cm³/mol. The van der Waals surface area contributed by atoms with E-state index in [0.29, 0.717) is 17.9 Å².